The summed E-state index contributed by atoms with van der Waals surface area (Å²) < 4.78 is 35.3. The first-order valence-corrected chi connectivity index (χ1v) is 8.12. The minimum absolute atomic E-state index is 0.108. The van der Waals surface area contributed by atoms with Crippen LogP contribution in [0.2, 0.25) is 0 Å². The van der Waals surface area contributed by atoms with E-state index in [0.717, 1.165) is 5.56 Å². The molecule has 0 heterocycles. The summed E-state index contributed by atoms with van der Waals surface area (Å²) >= 11 is 0. The van der Waals surface area contributed by atoms with E-state index in [0.29, 0.717) is 22.0 Å². The van der Waals surface area contributed by atoms with Crippen LogP contribution in [0.3, 0.4) is 0 Å². The Bertz CT molecular complexity index is 718. The Morgan fingerprint density at radius 1 is 0.952 bits per heavy atom. The Morgan fingerprint density at radius 3 is 2.19 bits per heavy atom. The largest absolute Gasteiger partial charge is 0.497 e. The van der Waals surface area contributed by atoms with Crippen LogP contribution < -0.4 is 9.47 Å². The molecule has 0 fully saturated rings. The Labute approximate surface area is 125 Å². The summed E-state index contributed by atoms with van der Waals surface area (Å²) in [6.45, 7) is 1.92. The number of hydrogen-bond acceptors (Lipinski definition) is 4. The van der Waals surface area contributed by atoms with Crippen molar-refractivity contribution in [1.29, 1.82) is 0 Å². The van der Waals surface area contributed by atoms with Crippen molar-refractivity contribution in [2.45, 2.75) is 17.6 Å². The van der Waals surface area contributed by atoms with Crippen LogP contribution in [0.1, 0.15) is 11.1 Å². The molecule has 0 aliphatic heterocycles. The number of methoxy groups -OCH3 is 2. The lowest BCUT2D eigenvalue weighted by molar-refractivity contribution is 0.392. The third kappa shape index (κ3) is 3.55. The standard InChI is InChI=1S/C16H18O4S/c1-12-4-8-15(9-5-12)21(17,18)11-13-6-7-14(19-2)10-16(13)20-3/h4-10H,11H2,1-3H3. The van der Waals surface area contributed by atoms with Gasteiger partial charge in [0, 0.05) is 11.6 Å². The van der Waals surface area contributed by atoms with Crippen molar-refractivity contribution in [3.8, 4) is 11.5 Å². The van der Waals surface area contributed by atoms with Crippen LogP contribution in [0, 0.1) is 6.92 Å². The van der Waals surface area contributed by atoms with Gasteiger partial charge in [0.2, 0.25) is 0 Å². The van der Waals surface area contributed by atoms with Gasteiger partial charge in [-0.1, -0.05) is 23.8 Å². The molecular formula is C16H18O4S. The van der Waals surface area contributed by atoms with Crippen molar-refractivity contribution in [2.24, 2.45) is 0 Å². The van der Waals surface area contributed by atoms with Gasteiger partial charge >= 0.3 is 0 Å². The summed E-state index contributed by atoms with van der Waals surface area (Å²) in [6.07, 6.45) is 0. The first kappa shape index (κ1) is 15.4. The van der Waals surface area contributed by atoms with Crippen molar-refractivity contribution in [1.82, 2.24) is 0 Å². The third-order valence-corrected chi connectivity index (χ3v) is 4.90. The number of ether oxygens (including phenoxy) is 2. The molecule has 2 aromatic carbocycles. The zero-order valence-electron chi connectivity index (χ0n) is 12.3. The lowest BCUT2D eigenvalue weighted by Gasteiger charge is -2.11. The summed E-state index contributed by atoms with van der Waals surface area (Å²) in [5.74, 6) is 1.02. The van der Waals surface area contributed by atoms with E-state index in [4.69, 9.17) is 9.47 Å². The lowest BCUT2D eigenvalue weighted by atomic mass is 10.2. The van der Waals surface area contributed by atoms with Crippen LogP contribution in [0.25, 0.3) is 0 Å². The van der Waals surface area contributed by atoms with Crippen molar-refractivity contribution in [2.75, 3.05) is 14.2 Å². The topological polar surface area (TPSA) is 52.6 Å². The molecule has 0 unspecified atom stereocenters. The fourth-order valence-corrected chi connectivity index (χ4v) is 3.37. The molecule has 0 aliphatic rings. The molecule has 0 amide bonds. The highest BCUT2D eigenvalue weighted by molar-refractivity contribution is 7.90. The lowest BCUT2D eigenvalue weighted by Crippen LogP contribution is -2.06. The van der Waals surface area contributed by atoms with Crippen molar-refractivity contribution < 1.29 is 17.9 Å². The van der Waals surface area contributed by atoms with Gasteiger partial charge < -0.3 is 9.47 Å². The van der Waals surface area contributed by atoms with Gasteiger partial charge in [-0.25, -0.2) is 8.42 Å². The summed E-state index contributed by atoms with van der Waals surface area (Å²) in [6, 6.07) is 11.9. The second kappa shape index (κ2) is 6.18. The fourth-order valence-electron chi connectivity index (χ4n) is 2.00. The van der Waals surface area contributed by atoms with Crippen molar-refractivity contribution >= 4 is 9.84 Å². The van der Waals surface area contributed by atoms with E-state index in [9.17, 15) is 8.42 Å². The second-order valence-electron chi connectivity index (χ2n) is 4.75. The third-order valence-electron chi connectivity index (χ3n) is 3.22. The van der Waals surface area contributed by atoms with E-state index < -0.39 is 9.84 Å². The summed E-state index contributed by atoms with van der Waals surface area (Å²) in [5, 5.41) is 0. The van der Waals surface area contributed by atoms with Gasteiger partial charge in [0.15, 0.2) is 9.84 Å². The highest BCUT2D eigenvalue weighted by Gasteiger charge is 2.18. The fraction of sp³-hybridized carbons (Fsp3) is 0.250. The summed E-state index contributed by atoms with van der Waals surface area (Å²) in [5.41, 5.74) is 1.63. The molecule has 0 saturated carbocycles. The molecule has 0 aromatic heterocycles. The molecule has 2 aromatic rings. The van der Waals surface area contributed by atoms with Gasteiger partial charge in [0.25, 0.3) is 0 Å². The second-order valence-corrected chi connectivity index (χ2v) is 6.74. The van der Waals surface area contributed by atoms with Crippen LogP contribution >= 0.6 is 0 Å². The highest BCUT2D eigenvalue weighted by Crippen LogP contribution is 2.28. The molecule has 0 saturated heterocycles. The van der Waals surface area contributed by atoms with Crippen LogP contribution in [-0.2, 0) is 15.6 Å². The minimum atomic E-state index is -3.40. The van der Waals surface area contributed by atoms with Gasteiger partial charge in [-0.2, -0.15) is 0 Å². The van der Waals surface area contributed by atoms with Crippen LogP contribution in [0.15, 0.2) is 47.4 Å². The molecule has 5 heteroatoms. The molecule has 0 radical (unpaired) electrons. The molecule has 0 spiro atoms. The Kier molecular flexibility index (Phi) is 4.53. The SMILES string of the molecule is COc1ccc(CS(=O)(=O)c2ccc(C)cc2)c(OC)c1. The molecule has 2 rings (SSSR count). The molecule has 112 valence electrons. The normalized spacial score (nSPS) is 11.2. The maximum Gasteiger partial charge on any atom is 0.182 e. The maximum atomic E-state index is 12.4. The van der Waals surface area contributed by atoms with Crippen LogP contribution in [0.4, 0.5) is 0 Å². The van der Waals surface area contributed by atoms with Crippen molar-refractivity contribution in [3.05, 3.63) is 53.6 Å². The van der Waals surface area contributed by atoms with Crippen LogP contribution in [0.5, 0.6) is 11.5 Å². The molecular weight excluding hydrogens is 288 g/mol. The van der Waals surface area contributed by atoms with Gasteiger partial charge in [-0.05, 0) is 25.1 Å². The van der Waals surface area contributed by atoms with Gasteiger partial charge in [-0.15, -0.1) is 0 Å². The number of hydrogen-bond donors (Lipinski definition) is 0. The molecule has 0 N–H and O–H groups in total. The van der Waals surface area contributed by atoms with E-state index in [-0.39, 0.29) is 5.75 Å². The number of benzene rings is 2. The quantitative estimate of drug-likeness (QED) is 0.852. The number of aryl methyl sites for hydroxylation is 1. The van der Waals surface area contributed by atoms with Gasteiger partial charge in [-0.3, -0.25) is 0 Å². The van der Waals surface area contributed by atoms with Gasteiger partial charge in [0.05, 0.1) is 24.9 Å². The molecule has 0 atom stereocenters. The Hall–Kier alpha value is -2.01. The first-order chi connectivity index (χ1) is 9.96. The van der Waals surface area contributed by atoms with E-state index >= 15 is 0 Å². The Balaban J connectivity index is 2.34. The molecule has 21 heavy (non-hydrogen) atoms. The van der Waals surface area contributed by atoms with Gasteiger partial charge in [0.1, 0.15) is 11.5 Å². The smallest absolute Gasteiger partial charge is 0.182 e. The predicted molar refractivity (Wildman–Crippen MR) is 81.6 cm³/mol. The highest BCUT2D eigenvalue weighted by atomic mass is 32.2. The molecule has 0 aliphatic carbocycles. The average Bonchev–Trinajstić information content (AvgIpc) is 2.47. The van der Waals surface area contributed by atoms with E-state index in [1.165, 1.54) is 7.11 Å². The van der Waals surface area contributed by atoms with Crippen LogP contribution in [-0.4, -0.2) is 22.6 Å². The zero-order valence-corrected chi connectivity index (χ0v) is 13.1. The Morgan fingerprint density at radius 2 is 1.62 bits per heavy atom. The average molecular weight is 306 g/mol. The molecule has 0 bridgehead atoms. The number of rotatable bonds is 5. The molecule has 4 nitrogen and oxygen atoms in total. The first-order valence-electron chi connectivity index (χ1n) is 6.46. The van der Waals surface area contributed by atoms with E-state index in [1.807, 2.05) is 6.92 Å². The van der Waals surface area contributed by atoms with Crippen molar-refractivity contribution in [3.63, 3.8) is 0 Å². The van der Waals surface area contributed by atoms with E-state index in [1.54, 1.807) is 49.6 Å². The number of sulfone groups is 1. The summed E-state index contributed by atoms with van der Waals surface area (Å²) in [4.78, 5) is 0.311. The predicted octanol–water partition coefficient (Wildman–Crippen LogP) is 2.99. The zero-order chi connectivity index (χ0) is 15.5. The van der Waals surface area contributed by atoms with E-state index in [2.05, 4.69) is 0 Å². The minimum Gasteiger partial charge on any atom is -0.497 e. The monoisotopic (exact) mass is 306 g/mol. The maximum absolute atomic E-state index is 12.4. The summed E-state index contributed by atoms with van der Waals surface area (Å²) in [7, 11) is -0.339.